The van der Waals surface area contributed by atoms with Gasteiger partial charge in [0.1, 0.15) is 10.7 Å². The average Bonchev–Trinajstić information content (AvgIpc) is 2.42. The third-order valence-electron chi connectivity index (χ3n) is 2.69. The summed E-state index contributed by atoms with van der Waals surface area (Å²) in [7, 11) is 1.60. The fraction of sp³-hybridized carbons (Fsp3) is 0.0714. The van der Waals surface area contributed by atoms with Crippen LogP contribution in [0.25, 0.3) is 0 Å². The first-order valence-electron chi connectivity index (χ1n) is 5.71. The second kappa shape index (κ2) is 6.31. The largest absolute Gasteiger partial charge is 0.497 e. The number of nitrogens with one attached hydrogen (secondary N) is 1. The molecule has 0 aliphatic carbocycles. The van der Waals surface area contributed by atoms with Crippen molar-refractivity contribution >= 4 is 51.8 Å². The predicted octanol–water partition coefficient (Wildman–Crippen LogP) is 4.38. The number of benzene rings is 2. The van der Waals surface area contributed by atoms with Crippen LogP contribution in [-0.4, -0.2) is 12.1 Å². The topological polar surface area (TPSA) is 47.3 Å². The van der Waals surface area contributed by atoms with Crippen molar-refractivity contribution in [1.29, 1.82) is 0 Å². The molecule has 20 heavy (non-hydrogen) atoms. The molecule has 0 radical (unpaired) electrons. The summed E-state index contributed by atoms with van der Waals surface area (Å²) in [6.45, 7) is 0. The molecule has 0 aliphatic heterocycles. The van der Waals surface area contributed by atoms with Crippen LogP contribution in [0.5, 0.6) is 5.75 Å². The maximum atomic E-state index is 5.99. The number of ether oxygens (including phenoxy) is 1. The third-order valence-corrected chi connectivity index (χ3v) is 3.65. The van der Waals surface area contributed by atoms with Crippen LogP contribution in [0.4, 0.5) is 11.4 Å². The first kappa shape index (κ1) is 14.9. The Morgan fingerprint density at radius 2 is 1.90 bits per heavy atom. The van der Waals surface area contributed by atoms with Gasteiger partial charge in [0.2, 0.25) is 0 Å². The second-order valence-electron chi connectivity index (χ2n) is 4.03. The summed E-state index contributed by atoms with van der Waals surface area (Å²) in [6.07, 6.45) is 0. The van der Waals surface area contributed by atoms with Crippen molar-refractivity contribution in [2.45, 2.75) is 0 Å². The Kier molecular flexibility index (Phi) is 4.70. The van der Waals surface area contributed by atoms with E-state index >= 15 is 0 Å². The highest BCUT2D eigenvalue weighted by atomic mass is 35.5. The maximum Gasteiger partial charge on any atom is 0.120 e. The fourth-order valence-corrected chi connectivity index (χ4v) is 2.17. The normalized spacial score (nSPS) is 10.2. The van der Waals surface area contributed by atoms with Crippen LogP contribution in [0.1, 0.15) is 5.56 Å². The van der Waals surface area contributed by atoms with Crippen molar-refractivity contribution in [3.05, 3.63) is 52.0 Å². The molecule has 0 heterocycles. The highest BCUT2D eigenvalue weighted by Crippen LogP contribution is 2.30. The molecule has 2 rings (SSSR count). The van der Waals surface area contributed by atoms with Crippen molar-refractivity contribution in [3.63, 3.8) is 0 Å². The van der Waals surface area contributed by atoms with Crippen LogP contribution in [0.3, 0.4) is 0 Å². The zero-order valence-corrected chi connectivity index (χ0v) is 12.9. The zero-order valence-electron chi connectivity index (χ0n) is 10.6. The third kappa shape index (κ3) is 3.33. The Balaban J connectivity index is 2.40. The number of hydrogen-bond acceptors (Lipinski definition) is 3. The summed E-state index contributed by atoms with van der Waals surface area (Å²) < 4.78 is 5.20. The van der Waals surface area contributed by atoms with E-state index in [0.29, 0.717) is 20.8 Å². The van der Waals surface area contributed by atoms with E-state index in [-0.39, 0.29) is 0 Å². The van der Waals surface area contributed by atoms with Crippen molar-refractivity contribution in [2.75, 3.05) is 12.4 Å². The van der Waals surface area contributed by atoms with E-state index in [1.165, 1.54) is 0 Å². The summed E-state index contributed by atoms with van der Waals surface area (Å²) in [6, 6.07) is 10.7. The highest BCUT2D eigenvalue weighted by Gasteiger charge is 2.08. The van der Waals surface area contributed by atoms with Gasteiger partial charge in [-0.3, -0.25) is 0 Å². The van der Waals surface area contributed by atoms with Gasteiger partial charge in [-0.15, -0.1) is 0 Å². The first-order valence-corrected chi connectivity index (χ1v) is 6.87. The Morgan fingerprint density at radius 1 is 1.15 bits per heavy atom. The molecule has 0 unspecified atom stereocenters. The Hall–Kier alpha value is -1.49. The van der Waals surface area contributed by atoms with E-state index < -0.39 is 0 Å². The first-order chi connectivity index (χ1) is 9.51. The number of nitrogens with two attached hydrogens (primary N) is 1. The quantitative estimate of drug-likeness (QED) is 0.818. The van der Waals surface area contributed by atoms with Crippen molar-refractivity contribution in [3.8, 4) is 5.75 Å². The van der Waals surface area contributed by atoms with Gasteiger partial charge in [-0.2, -0.15) is 0 Å². The van der Waals surface area contributed by atoms with Gasteiger partial charge >= 0.3 is 0 Å². The molecule has 0 spiro atoms. The standard InChI is InChI=1S/C14H12Cl2N2OS/c1-19-9-3-4-10(14(17)20)13(7-9)18-8-2-5-11(15)12(16)6-8/h2-7,18H,1H3,(H2,17,20). The molecule has 0 aromatic heterocycles. The SMILES string of the molecule is COc1ccc(C(N)=S)c(Nc2ccc(Cl)c(Cl)c2)c1. The van der Waals surface area contributed by atoms with Gasteiger partial charge in [-0.1, -0.05) is 35.4 Å². The zero-order chi connectivity index (χ0) is 14.7. The lowest BCUT2D eigenvalue weighted by atomic mass is 10.1. The Labute approximate surface area is 132 Å². The molecule has 0 aliphatic rings. The highest BCUT2D eigenvalue weighted by molar-refractivity contribution is 7.80. The molecule has 0 atom stereocenters. The minimum absolute atomic E-state index is 0.301. The van der Waals surface area contributed by atoms with E-state index in [2.05, 4.69) is 5.32 Å². The minimum Gasteiger partial charge on any atom is -0.497 e. The molecule has 0 amide bonds. The number of hydrogen-bond donors (Lipinski definition) is 2. The molecule has 0 saturated carbocycles. The smallest absolute Gasteiger partial charge is 0.120 e. The van der Waals surface area contributed by atoms with Crippen LogP contribution in [-0.2, 0) is 0 Å². The molecule has 0 fully saturated rings. The lowest BCUT2D eigenvalue weighted by molar-refractivity contribution is 0.415. The van der Waals surface area contributed by atoms with E-state index in [4.69, 9.17) is 45.9 Å². The summed E-state index contributed by atoms with van der Waals surface area (Å²) in [4.78, 5) is 0.301. The van der Waals surface area contributed by atoms with Crippen molar-refractivity contribution < 1.29 is 4.74 Å². The van der Waals surface area contributed by atoms with Gasteiger partial charge in [0.25, 0.3) is 0 Å². The molecule has 2 aromatic carbocycles. The van der Waals surface area contributed by atoms with E-state index in [0.717, 1.165) is 16.9 Å². The van der Waals surface area contributed by atoms with E-state index in [1.54, 1.807) is 31.4 Å². The summed E-state index contributed by atoms with van der Waals surface area (Å²) in [5.74, 6) is 0.701. The van der Waals surface area contributed by atoms with Crippen molar-refractivity contribution in [2.24, 2.45) is 5.73 Å². The maximum absolute atomic E-state index is 5.99. The van der Waals surface area contributed by atoms with Crippen LogP contribution in [0, 0.1) is 0 Å². The summed E-state index contributed by atoms with van der Waals surface area (Å²) in [5.41, 5.74) is 7.97. The summed E-state index contributed by atoms with van der Waals surface area (Å²) in [5, 5.41) is 4.17. The summed E-state index contributed by atoms with van der Waals surface area (Å²) >= 11 is 16.9. The molecule has 3 N–H and O–H groups in total. The van der Waals surface area contributed by atoms with Gasteiger partial charge in [-0.05, 0) is 30.3 Å². The van der Waals surface area contributed by atoms with Crippen molar-refractivity contribution in [1.82, 2.24) is 0 Å². The number of methoxy groups -OCH3 is 1. The minimum atomic E-state index is 0.301. The molecule has 0 bridgehead atoms. The van der Waals surface area contributed by atoms with E-state index in [9.17, 15) is 0 Å². The number of anilines is 2. The van der Waals surface area contributed by atoms with Gasteiger partial charge in [0.05, 0.1) is 22.8 Å². The Bertz CT molecular complexity index is 662. The molecular formula is C14H12Cl2N2OS. The van der Waals surface area contributed by atoms with Crippen LogP contribution >= 0.6 is 35.4 Å². The van der Waals surface area contributed by atoms with Crippen LogP contribution < -0.4 is 15.8 Å². The van der Waals surface area contributed by atoms with Gasteiger partial charge < -0.3 is 15.8 Å². The molecule has 2 aromatic rings. The lowest BCUT2D eigenvalue weighted by Gasteiger charge is -2.13. The molecule has 0 saturated heterocycles. The fourth-order valence-electron chi connectivity index (χ4n) is 1.70. The van der Waals surface area contributed by atoms with Crippen LogP contribution in [0.2, 0.25) is 10.0 Å². The van der Waals surface area contributed by atoms with Gasteiger partial charge in [0.15, 0.2) is 0 Å². The predicted molar refractivity (Wildman–Crippen MR) is 88.6 cm³/mol. The second-order valence-corrected chi connectivity index (χ2v) is 5.28. The van der Waals surface area contributed by atoms with E-state index in [1.807, 2.05) is 12.1 Å². The number of rotatable bonds is 4. The average molecular weight is 327 g/mol. The van der Waals surface area contributed by atoms with Gasteiger partial charge in [-0.25, -0.2) is 0 Å². The monoisotopic (exact) mass is 326 g/mol. The lowest BCUT2D eigenvalue weighted by Crippen LogP contribution is -2.12. The molecule has 104 valence electrons. The van der Waals surface area contributed by atoms with Crippen LogP contribution in [0.15, 0.2) is 36.4 Å². The molecule has 6 heteroatoms. The Morgan fingerprint density at radius 3 is 2.50 bits per heavy atom. The number of halogens is 2. The molecular weight excluding hydrogens is 315 g/mol. The van der Waals surface area contributed by atoms with Gasteiger partial charge in [0, 0.05) is 17.3 Å². The number of thiocarbonyl (C=S) groups is 1. The molecule has 3 nitrogen and oxygen atoms in total.